The Kier molecular flexibility index (Phi) is 21.6. The third kappa shape index (κ3) is 22.9. The van der Waals surface area contributed by atoms with Gasteiger partial charge in [0.05, 0.1) is 65.4 Å². The van der Waals surface area contributed by atoms with Crippen molar-refractivity contribution in [3.63, 3.8) is 0 Å². The average molecular weight is 778 g/mol. The van der Waals surface area contributed by atoms with Crippen LogP contribution in [0.4, 0.5) is 0 Å². The van der Waals surface area contributed by atoms with Crippen molar-refractivity contribution < 1.29 is 62.6 Å². The van der Waals surface area contributed by atoms with Gasteiger partial charge in [-0.2, -0.15) is 0 Å². The van der Waals surface area contributed by atoms with Gasteiger partial charge in [0.2, 0.25) is 65.0 Å². The number of aliphatic carboxylic acids is 1. The molecule has 0 spiro atoms. The van der Waals surface area contributed by atoms with E-state index in [0.717, 1.165) is 21.6 Å². The topological polar surface area (TPSA) is 357 Å². The fourth-order valence-electron chi connectivity index (χ4n) is 3.17. The summed E-state index contributed by atoms with van der Waals surface area (Å²) in [4.78, 5) is 143. The number of carboxylic acid groups (broad SMARTS) is 1. The van der Waals surface area contributed by atoms with Gasteiger partial charge < -0.3 is 63.6 Å². The Morgan fingerprint density at radius 2 is 0.654 bits per heavy atom. The van der Waals surface area contributed by atoms with Crippen molar-refractivity contribution in [2.24, 2.45) is 0 Å². The Morgan fingerprint density at radius 3 is 0.923 bits per heavy atom. The quantitative estimate of drug-likeness (QED) is 0.110. The van der Waals surface area contributed by atoms with E-state index in [1.807, 2.05) is 0 Å². The fourth-order valence-corrected chi connectivity index (χ4v) is 5.31. The Balaban J connectivity index is 2.66. The monoisotopic (exact) mass is 777 g/mol. The van der Waals surface area contributed by atoms with Gasteiger partial charge in [-0.05, 0) is 0 Å². The van der Waals surface area contributed by atoms with Gasteiger partial charge in [0, 0.05) is 17.9 Å². The maximum atomic E-state index is 12.1. The molecule has 24 nitrogen and oxygen atoms in total. The maximum absolute atomic E-state index is 12.1. The third-order valence-electron chi connectivity index (χ3n) is 5.82. The highest BCUT2D eigenvalue weighted by molar-refractivity contribution is 8.76. The predicted molar refractivity (Wildman–Crippen MR) is 179 cm³/mol. The zero-order valence-corrected chi connectivity index (χ0v) is 29.1. The van der Waals surface area contributed by atoms with Crippen LogP contribution in [0.1, 0.15) is 6.42 Å². The molecule has 1 unspecified atom stereocenters. The van der Waals surface area contributed by atoms with Crippen molar-refractivity contribution in [1.82, 2.24) is 58.5 Å². The van der Waals surface area contributed by atoms with Gasteiger partial charge in [-0.15, -0.1) is 0 Å². The number of amides is 11. The van der Waals surface area contributed by atoms with E-state index in [9.17, 15) is 62.6 Å². The number of nitrogens with one attached hydrogen (secondary N) is 11. The molecule has 0 aliphatic carbocycles. The second-order valence-electron chi connectivity index (χ2n) is 10.1. The molecule has 0 aromatic heterocycles. The van der Waals surface area contributed by atoms with Crippen LogP contribution in [0.15, 0.2) is 0 Å². The van der Waals surface area contributed by atoms with Crippen LogP contribution in [0.3, 0.4) is 0 Å². The van der Waals surface area contributed by atoms with Crippen LogP contribution >= 0.6 is 21.6 Å². The number of hydrogen-bond acceptors (Lipinski definition) is 14. The summed E-state index contributed by atoms with van der Waals surface area (Å²) in [7, 11) is 2.16. The van der Waals surface area contributed by atoms with E-state index in [4.69, 9.17) is 0 Å². The van der Waals surface area contributed by atoms with Crippen molar-refractivity contribution in [2.45, 2.75) is 12.5 Å². The summed E-state index contributed by atoms with van der Waals surface area (Å²) in [6, 6.07) is -1.34. The molecule has 1 rings (SSSR count). The van der Waals surface area contributed by atoms with E-state index in [0.29, 0.717) is 0 Å². The summed E-state index contributed by atoms with van der Waals surface area (Å²) < 4.78 is 0. The molecule has 0 radical (unpaired) electrons. The molecule has 0 aromatic carbocycles. The second-order valence-corrected chi connectivity index (χ2v) is 12.7. The number of hydrogen-bond donors (Lipinski definition) is 12. The van der Waals surface area contributed by atoms with Gasteiger partial charge in [0.15, 0.2) is 0 Å². The first-order valence-electron chi connectivity index (χ1n) is 15.1. The van der Waals surface area contributed by atoms with E-state index >= 15 is 0 Å². The van der Waals surface area contributed by atoms with Crippen LogP contribution in [0.2, 0.25) is 0 Å². The smallest absolute Gasteiger partial charge is 0.327 e. The molecule has 26 heteroatoms. The van der Waals surface area contributed by atoms with Gasteiger partial charge >= 0.3 is 5.97 Å². The van der Waals surface area contributed by atoms with Crippen LogP contribution in [0.25, 0.3) is 0 Å². The van der Waals surface area contributed by atoms with Crippen LogP contribution in [0.5, 0.6) is 0 Å². The summed E-state index contributed by atoms with van der Waals surface area (Å²) >= 11 is 0. The van der Waals surface area contributed by atoms with Crippen molar-refractivity contribution in [3.05, 3.63) is 0 Å². The first-order chi connectivity index (χ1) is 24.6. The van der Waals surface area contributed by atoms with Gasteiger partial charge in [-0.1, -0.05) is 21.6 Å². The zero-order chi connectivity index (χ0) is 38.9. The largest absolute Gasteiger partial charge is 0.480 e. The number of rotatable bonds is 1. The van der Waals surface area contributed by atoms with Gasteiger partial charge in [-0.3, -0.25) is 52.7 Å². The molecular formula is C26H39N11O13S2. The first kappa shape index (κ1) is 44.4. The summed E-state index contributed by atoms with van der Waals surface area (Å²) in [5.41, 5.74) is 0. The minimum Gasteiger partial charge on any atom is -0.480 e. The highest BCUT2D eigenvalue weighted by Crippen LogP contribution is 2.22. The molecule has 1 aliphatic rings. The summed E-state index contributed by atoms with van der Waals surface area (Å²) in [5, 5.41) is 33.6. The van der Waals surface area contributed by atoms with Crippen LogP contribution in [-0.4, -0.2) is 159 Å². The van der Waals surface area contributed by atoms with Crippen molar-refractivity contribution in [3.8, 4) is 0 Å². The molecule has 0 saturated carbocycles. The SMILES string of the molecule is O=C1CCSSCC(C(=O)O)NC(=O)CNC(=O)CNC(=O)CNC(=O)CNC(=O)CNC(=O)CNC(=O)CNC(=O)CNC(=O)CNC(=O)CN1. The Bertz CT molecular complexity index is 1380. The van der Waals surface area contributed by atoms with E-state index < -0.39 is 142 Å². The molecule has 1 fully saturated rings. The predicted octanol–water partition coefficient (Wildman–Crippen LogP) is -8.50. The molecule has 1 atom stereocenters. The van der Waals surface area contributed by atoms with Crippen LogP contribution in [0, 0.1) is 0 Å². The minimum atomic E-state index is -1.36. The summed E-state index contributed by atoms with van der Waals surface area (Å²) in [6.07, 6.45) is -0.0526. The maximum Gasteiger partial charge on any atom is 0.327 e. The first-order valence-corrected chi connectivity index (χ1v) is 17.6. The molecule has 1 saturated heterocycles. The summed E-state index contributed by atoms with van der Waals surface area (Å²) in [5.74, 6) is -9.59. The molecule has 0 bridgehead atoms. The second kappa shape index (κ2) is 25.3. The van der Waals surface area contributed by atoms with Crippen LogP contribution in [-0.2, 0) is 57.5 Å². The standard InChI is InChI=1S/C26H39N11O13S2/c38-15-1-2-51-52-13-14(26(49)50)37-25(48)12-36-24(47)11-35-23(46)10-34-22(45)9-33-21(44)8-32-20(43)7-31-19(42)6-30-18(41)5-29-17(40)4-28-16(39)3-27-15/h14H,1-13H2,(H,27,38)(H,28,39)(H,29,40)(H,30,41)(H,31,42)(H,32,43)(H,33,44)(H,34,45)(H,35,46)(H,36,47)(H,37,48)(H,49,50). The number of carbonyl (C=O) groups excluding carboxylic acids is 11. The third-order valence-corrected chi connectivity index (χ3v) is 8.24. The summed E-state index contributed by atoms with van der Waals surface area (Å²) in [6.45, 7) is -5.58. The molecule has 11 amide bonds. The lowest BCUT2D eigenvalue weighted by Gasteiger charge is -2.14. The minimum absolute atomic E-state index is 0.0526. The van der Waals surface area contributed by atoms with Crippen molar-refractivity contribution >= 4 is 92.5 Å². The Labute approximate surface area is 302 Å². The highest BCUT2D eigenvalue weighted by atomic mass is 33.1. The number of carbonyl (C=O) groups is 12. The lowest BCUT2D eigenvalue weighted by Crippen LogP contribution is -2.49. The Hall–Kier alpha value is -5.66. The molecule has 52 heavy (non-hydrogen) atoms. The normalized spacial score (nSPS) is 20.8. The molecular weight excluding hydrogens is 738 g/mol. The van der Waals surface area contributed by atoms with Crippen molar-refractivity contribution in [2.75, 3.05) is 77.0 Å². The fraction of sp³-hybridized carbons (Fsp3) is 0.538. The van der Waals surface area contributed by atoms with E-state index in [1.54, 1.807) is 0 Å². The number of carboxylic acids is 1. The molecule has 12 N–H and O–H groups in total. The highest BCUT2D eigenvalue weighted by Gasteiger charge is 2.21. The van der Waals surface area contributed by atoms with E-state index in [1.165, 1.54) is 0 Å². The zero-order valence-electron chi connectivity index (χ0n) is 27.4. The van der Waals surface area contributed by atoms with Gasteiger partial charge in [-0.25, -0.2) is 4.79 Å². The molecule has 288 valence electrons. The lowest BCUT2D eigenvalue weighted by molar-refractivity contribution is -0.141. The molecule has 1 aliphatic heterocycles. The van der Waals surface area contributed by atoms with E-state index in [-0.39, 0.29) is 17.9 Å². The Morgan fingerprint density at radius 1 is 0.404 bits per heavy atom. The van der Waals surface area contributed by atoms with E-state index in [2.05, 4.69) is 58.5 Å². The molecule has 1 heterocycles. The average Bonchev–Trinajstić information content (AvgIpc) is 3.11. The van der Waals surface area contributed by atoms with Crippen LogP contribution < -0.4 is 58.5 Å². The van der Waals surface area contributed by atoms with Gasteiger partial charge in [0.25, 0.3) is 0 Å². The van der Waals surface area contributed by atoms with Gasteiger partial charge in [0.1, 0.15) is 6.04 Å². The van der Waals surface area contributed by atoms with Crippen molar-refractivity contribution in [1.29, 1.82) is 0 Å². The molecule has 0 aromatic rings. The lowest BCUT2D eigenvalue weighted by atomic mass is 10.3.